The predicted molar refractivity (Wildman–Crippen MR) is 94.0 cm³/mol. The first-order valence-electron chi connectivity index (χ1n) is 8.79. The highest BCUT2D eigenvalue weighted by Gasteiger charge is 2.50. The molecule has 0 bridgehead atoms. The Morgan fingerprint density at radius 2 is 2.04 bits per heavy atom. The minimum atomic E-state index is -2.73. The fourth-order valence-corrected chi connectivity index (χ4v) is 3.96. The van der Waals surface area contributed by atoms with Crippen molar-refractivity contribution in [2.75, 3.05) is 33.4 Å². The molecule has 2 aromatic rings. The first-order valence-corrected chi connectivity index (χ1v) is 8.79. The number of hydrogen-bond acceptors (Lipinski definition) is 5. The lowest BCUT2D eigenvalue weighted by Crippen LogP contribution is -2.62. The van der Waals surface area contributed by atoms with E-state index in [1.165, 1.54) is 7.11 Å². The third-order valence-electron chi connectivity index (χ3n) is 5.29. The summed E-state index contributed by atoms with van der Waals surface area (Å²) in [5, 5.41) is 7.15. The fraction of sp³-hybridized carbons (Fsp3) is 0.500. The third-order valence-corrected chi connectivity index (χ3v) is 5.29. The molecule has 2 aliphatic rings. The number of nitrogens with zero attached hydrogens (tertiary/aromatic N) is 3. The van der Waals surface area contributed by atoms with Crippen molar-refractivity contribution in [3.05, 3.63) is 40.3 Å². The largest absolute Gasteiger partial charge is 0.383 e. The second kappa shape index (κ2) is 6.65. The minimum Gasteiger partial charge on any atom is -0.383 e. The number of halogens is 2. The Labute approximate surface area is 153 Å². The lowest BCUT2D eigenvalue weighted by Gasteiger charge is -2.45. The lowest BCUT2D eigenvalue weighted by atomic mass is 10.0. The second-order valence-electron chi connectivity index (χ2n) is 7.15. The molecule has 1 amide bonds. The number of alkyl halides is 2. The molecule has 0 spiro atoms. The van der Waals surface area contributed by atoms with Crippen LogP contribution in [0.3, 0.4) is 0 Å². The summed E-state index contributed by atoms with van der Waals surface area (Å²) in [6.07, 6.45) is -0.225. The highest BCUT2D eigenvalue weighted by molar-refractivity contribution is 6.05. The molecule has 144 valence electrons. The SMILES string of the molecule is COC[C@@H]1CC(F)(F)CN1C1CN(C(=O)c2n[nH]c(=O)c3ccccc23)C1. The van der Waals surface area contributed by atoms with E-state index >= 15 is 0 Å². The van der Waals surface area contributed by atoms with Crippen LogP contribution in [-0.4, -0.2) is 77.3 Å². The molecular weight excluding hydrogens is 358 g/mol. The number of likely N-dealkylation sites (tertiary alicyclic amines) is 2. The summed E-state index contributed by atoms with van der Waals surface area (Å²) in [6, 6.07) is 6.29. The van der Waals surface area contributed by atoms with Gasteiger partial charge in [0.1, 0.15) is 0 Å². The molecule has 27 heavy (non-hydrogen) atoms. The normalized spacial score (nSPS) is 22.9. The molecule has 1 N–H and O–H groups in total. The van der Waals surface area contributed by atoms with E-state index in [1.807, 2.05) is 0 Å². The summed E-state index contributed by atoms with van der Waals surface area (Å²) in [7, 11) is 1.50. The lowest BCUT2D eigenvalue weighted by molar-refractivity contribution is -0.0137. The molecular formula is C18H20F2N4O3. The van der Waals surface area contributed by atoms with Crippen molar-refractivity contribution in [1.29, 1.82) is 0 Å². The Morgan fingerprint density at radius 3 is 2.74 bits per heavy atom. The van der Waals surface area contributed by atoms with Gasteiger partial charge in [0.25, 0.3) is 17.4 Å². The molecule has 0 unspecified atom stereocenters. The number of fused-ring (bicyclic) bond motifs is 1. The van der Waals surface area contributed by atoms with Crippen molar-refractivity contribution in [3.63, 3.8) is 0 Å². The van der Waals surface area contributed by atoms with Crippen LogP contribution >= 0.6 is 0 Å². The van der Waals surface area contributed by atoms with Gasteiger partial charge in [-0.15, -0.1) is 0 Å². The Kier molecular flexibility index (Phi) is 4.43. The van der Waals surface area contributed by atoms with Gasteiger partial charge < -0.3 is 9.64 Å². The van der Waals surface area contributed by atoms with E-state index in [4.69, 9.17) is 4.74 Å². The van der Waals surface area contributed by atoms with Gasteiger partial charge >= 0.3 is 0 Å². The van der Waals surface area contributed by atoms with E-state index in [0.29, 0.717) is 23.9 Å². The van der Waals surface area contributed by atoms with E-state index in [-0.39, 0.29) is 48.8 Å². The highest BCUT2D eigenvalue weighted by Crippen LogP contribution is 2.35. The number of amides is 1. The fourth-order valence-electron chi connectivity index (χ4n) is 3.96. The van der Waals surface area contributed by atoms with Crippen molar-refractivity contribution in [2.24, 2.45) is 0 Å². The average Bonchev–Trinajstić information content (AvgIpc) is 2.88. The molecule has 2 fully saturated rings. The van der Waals surface area contributed by atoms with Crippen LogP contribution in [-0.2, 0) is 4.74 Å². The van der Waals surface area contributed by atoms with Crippen molar-refractivity contribution < 1.29 is 18.3 Å². The van der Waals surface area contributed by atoms with Gasteiger partial charge in [0, 0.05) is 44.1 Å². The highest BCUT2D eigenvalue weighted by atomic mass is 19.3. The molecule has 1 aromatic carbocycles. The van der Waals surface area contributed by atoms with Crippen LogP contribution in [0.2, 0.25) is 0 Å². The number of hydrogen-bond donors (Lipinski definition) is 1. The van der Waals surface area contributed by atoms with Crippen LogP contribution in [0.5, 0.6) is 0 Å². The number of nitrogens with one attached hydrogen (secondary N) is 1. The number of ether oxygens (including phenoxy) is 1. The topological polar surface area (TPSA) is 78.5 Å². The van der Waals surface area contributed by atoms with Gasteiger partial charge in [-0.25, -0.2) is 13.9 Å². The molecule has 9 heteroatoms. The Hall–Kier alpha value is -2.39. The molecule has 2 aliphatic heterocycles. The molecule has 3 heterocycles. The molecule has 0 radical (unpaired) electrons. The van der Waals surface area contributed by atoms with Crippen LogP contribution in [0, 0.1) is 0 Å². The molecule has 1 atom stereocenters. The standard InChI is InChI=1S/C18H20F2N4O3/c1-27-9-11-6-18(19,20)10-24(11)12-7-23(8-12)17(26)15-13-4-2-3-5-14(13)16(25)22-21-15/h2-5,11-12H,6-10H2,1H3,(H,22,25)/t11-/m0/s1. The van der Waals surface area contributed by atoms with Crippen molar-refractivity contribution in [3.8, 4) is 0 Å². The van der Waals surface area contributed by atoms with E-state index in [0.717, 1.165) is 0 Å². The maximum absolute atomic E-state index is 13.8. The van der Waals surface area contributed by atoms with Crippen LogP contribution in [0.4, 0.5) is 8.78 Å². The van der Waals surface area contributed by atoms with Crippen LogP contribution in [0.1, 0.15) is 16.9 Å². The van der Waals surface area contributed by atoms with E-state index in [2.05, 4.69) is 10.2 Å². The smallest absolute Gasteiger partial charge is 0.275 e. The number of carbonyl (C=O) groups excluding carboxylic acids is 1. The Bertz CT molecular complexity index is 926. The summed E-state index contributed by atoms with van der Waals surface area (Å²) < 4.78 is 32.7. The van der Waals surface area contributed by atoms with Gasteiger partial charge in [-0.2, -0.15) is 5.10 Å². The van der Waals surface area contributed by atoms with Gasteiger partial charge in [0.15, 0.2) is 5.69 Å². The number of aromatic amines is 1. The first kappa shape index (κ1) is 18.0. The van der Waals surface area contributed by atoms with Crippen molar-refractivity contribution in [1.82, 2.24) is 20.0 Å². The number of rotatable bonds is 4. The van der Waals surface area contributed by atoms with Gasteiger partial charge in [0.2, 0.25) is 0 Å². The van der Waals surface area contributed by atoms with Gasteiger partial charge in [-0.05, 0) is 6.07 Å². The van der Waals surface area contributed by atoms with Crippen LogP contribution in [0.15, 0.2) is 29.1 Å². The van der Waals surface area contributed by atoms with E-state index < -0.39 is 5.92 Å². The zero-order valence-corrected chi connectivity index (χ0v) is 14.8. The number of methoxy groups -OCH3 is 1. The summed E-state index contributed by atoms with van der Waals surface area (Å²) in [4.78, 5) is 28.0. The van der Waals surface area contributed by atoms with E-state index in [9.17, 15) is 18.4 Å². The summed E-state index contributed by atoms with van der Waals surface area (Å²) in [5.41, 5.74) is -0.186. The maximum atomic E-state index is 13.8. The summed E-state index contributed by atoms with van der Waals surface area (Å²) in [5.74, 6) is -3.04. The molecule has 4 rings (SSSR count). The molecule has 0 saturated carbocycles. The quantitative estimate of drug-likeness (QED) is 0.862. The number of carbonyl (C=O) groups is 1. The Morgan fingerprint density at radius 1 is 1.33 bits per heavy atom. The molecule has 7 nitrogen and oxygen atoms in total. The number of benzene rings is 1. The molecule has 0 aliphatic carbocycles. The third kappa shape index (κ3) is 3.21. The minimum absolute atomic E-state index is 0.128. The first-order chi connectivity index (χ1) is 12.9. The van der Waals surface area contributed by atoms with Gasteiger partial charge in [-0.1, -0.05) is 18.2 Å². The van der Waals surface area contributed by atoms with Crippen molar-refractivity contribution >= 4 is 16.7 Å². The second-order valence-corrected chi connectivity index (χ2v) is 7.15. The Balaban J connectivity index is 1.49. The number of H-pyrrole nitrogens is 1. The van der Waals surface area contributed by atoms with Gasteiger partial charge in [0.05, 0.1) is 18.5 Å². The number of aromatic nitrogens is 2. The van der Waals surface area contributed by atoms with Crippen LogP contribution < -0.4 is 5.56 Å². The average molecular weight is 378 g/mol. The van der Waals surface area contributed by atoms with Gasteiger partial charge in [-0.3, -0.25) is 14.5 Å². The van der Waals surface area contributed by atoms with Crippen molar-refractivity contribution in [2.45, 2.75) is 24.4 Å². The molecule has 1 aromatic heterocycles. The molecule has 2 saturated heterocycles. The van der Waals surface area contributed by atoms with Crippen LogP contribution in [0.25, 0.3) is 10.8 Å². The van der Waals surface area contributed by atoms with E-state index in [1.54, 1.807) is 34.1 Å². The zero-order chi connectivity index (χ0) is 19.2. The predicted octanol–water partition coefficient (Wildman–Crippen LogP) is 1.10. The monoisotopic (exact) mass is 378 g/mol. The summed E-state index contributed by atoms with van der Waals surface area (Å²) >= 11 is 0. The summed E-state index contributed by atoms with van der Waals surface area (Å²) in [6.45, 7) is 0.633. The zero-order valence-electron chi connectivity index (χ0n) is 14.8. The maximum Gasteiger partial charge on any atom is 0.275 e.